The Morgan fingerprint density at radius 2 is 1.95 bits per heavy atom. The fourth-order valence-electron chi connectivity index (χ4n) is 2.34. The standard InChI is InChI=1S/C13H21BrN4O2S/c1-3-15-13-12(9-11(14)10-16-13)21(19,20)18-7-5-17(4-2)6-8-18/h9-10H,3-8H2,1-2H3,(H,15,16). The molecule has 1 aromatic heterocycles. The van der Waals surface area contributed by atoms with E-state index in [0.717, 1.165) is 19.6 Å². The molecule has 0 bridgehead atoms. The highest BCUT2D eigenvalue weighted by molar-refractivity contribution is 9.10. The van der Waals surface area contributed by atoms with Crippen molar-refractivity contribution in [1.82, 2.24) is 14.2 Å². The maximum atomic E-state index is 12.8. The summed E-state index contributed by atoms with van der Waals surface area (Å²) < 4.78 is 27.9. The molecule has 1 saturated heterocycles. The number of halogens is 1. The van der Waals surface area contributed by atoms with E-state index in [1.807, 2.05) is 6.92 Å². The highest BCUT2D eigenvalue weighted by Crippen LogP contribution is 2.26. The van der Waals surface area contributed by atoms with Crippen molar-refractivity contribution in [3.8, 4) is 0 Å². The van der Waals surface area contributed by atoms with Crippen LogP contribution in [0.3, 0.4) is 0 Å². The molecule has 1 aromatic rings. The molecule has 1 fully saturated rings. The zero-order valence-electron chi connectivity index (χ0n) is 12.3. The number of nitrogens with zero attached hydrogens (tertiary/aromatic N) is 3. The Morgan fingerprint density at radius 1 is 1.29 bits per heavy atom. The van der Waals surface area contributed by atoms with Crippen LogP contribution >= 0.6 is 15.9 Å². The summed E-state index contributed by atoms with van der Waals surface area (Å²) >= 11 is 3.30. The van der Waals surface area contributed by atoms with Crippen molar-refractivity contribution in [3.05, 3.63) is 16.7 Å². The fraction of sp³-hybridized carbons (Fsp3) is 0.615. The smallest absolute Gasteiger partial charge is 0.246 e. The van der Waals surface area contributed by atoms with E-state index >= 15 is 0 Å². The number of hydrogen-bond donors (Lipinski definition) is 1. The predicted octanol–water partition coefficient (Wildman–Crippen LogP) is 1.60. The number of piperazine rings is 1. The Bertz CT molecular complexity index is 586. The third-order valence-electron chi connectivity index (χ3n) is 3.56. The summed E-state index contributed by atoms with van der Waals surface area (Å²) in [6.45, 7) is 8.17. The van der Waals surface area contributed by atoms with Crippen LogP contribution < -0.4 is 5.32 Å². The van der Waals surface area contributed by atoms with Gasteiger partial charge in [0.2, 0.25) is 10.0 Å². The van der Waals surface area contributed by atoms with Gasteiger partial charge in [-0.1, -0.05) is 6.92 Å². The first kappa shape index (κ1) is 16.7. The summed E-state index contributed by atoms with van der Waals surface area (Å²) in [7, 11) is -3.52. The average Bonchev–Trinajstić information content (AvgIpc) is 2.49. The number of hydrogen-bond acceptors (Lipinski definition) is 5. The molecule has 0 aliphatic carbocycles. The molecule has 0 radical (unpaired) electrons. The molecule has 1 N–H and O–H groups in total. The highest BCUT2D eigenvalue weighted by Gasteiger charge is 2.30. The molecular weight excluding hydrogens is 356 g/mol. The van der Waals surface area contributed by atoms with E-state index in [-0.39, 0.29) is 4.90 Å². The summed E-state index contributed by atoms with van der Waals surface area (Å²) in [5.41, 5.74) is 0. The Morgan fingerprint density at radius 3 is 2.52 bits per heavy atom. The first-order valence-corrected chi connectivity index (χ1v) is 9.34. The number of rotatable bonds is 5. The third-order valence-corrected chi connectivity index (χ3v) is 5.91. The first-order valence-electron chi connectivity index (χ1n) is 7.11. The summed E-state index contributed by atoms with van der Waals surface area (Å²) in [5.74, 6) is 0.415. The lowest BCUT2D eigenvalue weighted by Crippen LogP contribution is -2.48. The van der Waals surface area contributed by atoms with Crippen molar-refractivity contribution in [2.75, 3.05) is 44.6 Å². The summed E-state index contributed by atoms with van der Waals surface area (Å²) in [6.07, 6.45) is 1.60. The van der Waals surface area contributed by atoms with Crippen molar-refractivity contribution < 1.29 is 8.42 Å². The number of pyridine rings is 1. The molecule has 0 aromatic carbocycles. The molecule has 1 aliphatic rings. The van der Waals surface area contributed by atoms with Gasteiger partial charge in [0, 0.05) is 43.4 Å². The van der Waals surface area contributed by atoms with Gasteiger partial charge in [-0.25, -0.2) is 13.4 Å². The predicted molar refractivity (Wildman–Crippen MR) is 87.0 cm³/mol. The Balaban J connectivity index is 2.29. The van der Waals surface area contributed by atoms with Crippen LogP contribution in [0.15, 0.2) is 21.6 Å². The van der Waals surface area contributed by atoms with Crippen molar-refractivity contribution in [1.29, 1.82) is 0 Å². The van der Waals surface area contributed by atoms with Crippen molar-refractivity contribution >= 4 is 31.8 Å². The van der Waals surface area contributed by atoms with Gasteiger partial charge in [-0.15, -0.1) is 0 Å². The Kier molecular flexibility index (Phi) is 5.59. The highest BCUT2D eigenvalue weighted by atomic mass is 79.9. The zero-order chi connectivity index (χ0) is 15.5. The van der Waals surface area contributed by atoms with Crippen molar-refractivity contribution in [3.63, 3.8) is 0 Å². The quantitative estimate of drug-likeness (QED) is 0.845. The molecule has 0 saturated carbocycles. The minimum atomic E-state index is -3.52. The molecule has 6 nitrogen and oxygen atoms in total. The van der Waals surface area contributed by atoms with Gasteiger partial charge in [-0.3, -0.25) is 0 Å². The number of anilines is 1. The summed E-state index contributed by atoms with van der Waals surface area (Å²) in [5, 5.41) is 3.02. The van der Waals surface area contributed by atoms with Crippen LogP contribution in [0.2, 0.25) is 0 Å². The minimum Gasteiger partial charge on any atom is -0.369 e. The van der Waals surface area contributed by atoms with Gasteiger partial charge in [0.05, 0.1) is 0 Å². The van der Waals surface area contributed by atoms with Gasteiger partial charge in [-0.05, 0) is 35.5 Å². The van der Waals surface area contributed by atoms with E-state index in [0.29, 0.717) is 29.9 Å². The fourth-order valence-corrected chi connectivity index (χ4v) is 4.39. The normalized spacial score (nSPS) is 17.9. The van der Waals surface area contributed by atoms with Gasteiger partial charge >= 0.3 is 0 Å². The second-order valence-electron chi connectivity index (χ2n) is 4.87. The molecule has 0 atom stereocenters. The molecule has 2 rings (SSSR count). The Labute approximate surface area is 134 Å². The lowest BCUT2D eigenvalue weighted by atomic mass is 10.4. The van der Waals surface area contributed by atoms with E-state index in [9.17, 15) is 8.42 Å². The van der Waals surface area contributed by atoms with E-state index in [1.165, 1.54) is 0 Å². The van der Waals surface area contributed by atoms with Crippen molar-refractivity contribution in [2.45, 2.75) is 18.7 Å². The van der Waals surface area contributed by atoms with Gasteiger partial charge in [-0.2, -0.15) is 4.31 Å². The first-order chi connectivity index (χ1) is 9.98. The number of sulfonamides is 1. The third kappa shape index (κ3) is 3.74. The van der Waals surface area contributed by atoms with Crippen LogP contribution in [0.5, 0.6) is 0 Å². The zero-order valence-corrected chi connectivity index (χ0v) is 14.7. The van der Waals surface area contributed by atoms with Gasteiger partial charge in [0.1, 0.15) is 10.7 Å². The largest absolute Gasteiger partial charge is 0.369 e. The summed E-state index contributed by atoms with van der Waals surface area (Å²) in [4.78, 5) is 6.67. The van der Waals surface area contributed by atoms with E-state index < -0.39 is 10.0 Å². The second-order valence-corrected chi connectivity index (χ2v) is 7.69. The maximum absolute atomic E-state index is 12.8. The average molecular weight is 377 g/mol. The molecular formula is C13H21BrN4O2S. The minimum absolute atomic E-state index is 0.240. The number of likely N-dealkylation sites (N-methyl/N-ethyl adjacent to an activating group) is 1. The van der Waals surface area contributed by atoms with E-state index in [2.05, 4.69) is 38.1 Å². The molecule has 2 heterocycles. The SMILES string of the molecule is CCNc1ncc(Br)cc1S(=O)(=O)N1CCN(CC)CC1. The van der Waals surface area contributed by atoms with Crippen LogP contribution in [0, 0.1) is 0 Å². The number of nitrogens with one attached hydrogen (secondary N) is 1. The molecule has 8 heteroatoms. The molecule has 0 spiro atoms. The number of aromatic nitrogens is 1. The maximum Gasteiger partial charge on any atom is 0.246 e. The topological polar surface area (TPSA) is 65.5 Å². The second kappa shape index (κ2) is 7.04. The van der Waals surface area contributed by atoms with Gasteiger partial charge in [0.25, 0.3) is 0 Å². The lowest BCUT2D eigenvalue weighted by molar-refractivity contribution is 0.196. The monoisotopic (exact) mass is 376 g/mol. The molecule has 21 heavy (non-hydrogen) atoms. The van der Waals surface area contributed by atoms with E-state index in [4.69, 9.17) is 0 Å². The van der Waals surface area contributed by atoms with Crippen LogP contribution in [-0.4, -0.2) is 61.9 Å². The van der Waals surface area contributed by atoms with Crippen LogP contribution in [0.4, 0.5) is 5.82 Å². The molecule has 0 amide bonds. The Hall–Kier alpha value is -0.700. The van der Waals surface area contributed by atoms with Gasteiger partial charge < -0.3 is 10.2 Å². The van der Waals surface area contributed by atoms with E-state index in [1.54, 1.807) is 16.6 Å². The summed E-state index contributed by atoms with van der Waals surface area (Å²) in [6, 6.07) is 1.62. The van der Waals surface area contributed by atoms with Crippen LogP contribution in [0.1, 0.15) is 13.8 Å². The molecule has 1 aliphatic heterocycles. The van der Waals surface area contributed by atoms with Crippen LogP contribution in [-0.2, 0) is 10.0 Å². The lowest BCUT2D eigenvalue weighted by Gasteiger charge is -2.33. The molecule has 0 unspecified atom stereocenters. The molecule has 118 valence electrons. The van der Waals surface area contributed by atoms with Crippen molar-refractivity contribution in [2.24, 2.45) is 0 Å². The van der Waals surface area contributed by atoms with Crippen LogP contribution in [0.25, 0.3) is 0 Å². The van der Waals surface area contributed by atoms with Gasteiger partial charge in [0.15, 0.2) is 0 Å².